The Morgan fingerprint density at radius 3 is 2.45 bits per heavy atom. The molecule has 1 aliphatic rings. The van der Waals surface area contributed by atoms with Crippen molar-refractivity contribution in [2.45, 2.75) is 44.2 Å². The molecule has 0 fully saturated rings. The minimum atomic E-state index is -3.89. The second-order valence-electron chi connectivity index (χ2n) is 7.77. The van der Waals surface area contributed by atoms with E-state index >= 15 is 0 Å². The van der Waals surface area contributed by atoms with Crippen LogP contribution in [0.1, 0.15) is 39.3 Å². The molecule has 0 radical (unpaired) electrons. The van der Waals surface area contributed by atoms with Crippen molar-refractivity contribution in [3.05, 3.63) is 52.1 Å². The molecular weight excluding hydrogens is 398 g/mol. The summed E-state index contributed by atoms with van der Waals surface area (Å²) in [6.45, 7) is 7.09. The van der Waals surface area contributed by atoms with Crippen LogP contribution in [0.2, 0.25) is 0 Å². The van der Waals surface area contributed by atoms with E-state index in [4.69, 9.17) is 9.47 Å². The van der Waals surface area contributed by atoms with Gasteiger partial charge in [-0.25, -0.2) is 13.1 Å². The summed E-state index contributed by atoms with van der Waals surface area (Å²) in [5.41, 5.74) is 0.0252. The van der Waals surface area contributed by atoms with Crippen LogP contribution >= 0.6 is 0 Å². The van der Waals surface area contributed by atoms with Gasteiger partial charge in [-0.1, -0.05) is 6.07 Å². The van der Waals surface area contributed by atoms with E-state index in [1.165, 1.54) is 12.1 Å². The van der Waals surface area contributed by atoms with E-state index < -0.39 is 20.5 Å². The normalized spacial score (nSPS) is 14.5. The van der Waals surface area contributed by atoms with Crippen molar-refractivity contribution in [3.63, 3.8) is 0 Å². The van der Waals surface area contributed by atoms with Crippen molar-refractivity contribution in [1.82, 2.24) is 4.72 Å². The second kappa shape index (κ2) is 7.53. The maximum Gasteiger partial charge on any atom is 0.293 e. The van der Waals surface area contributed by atoms with Gasteiger partial charge in [-0.05, 0) is 57.5 Å². The molecule has 0 spiro atoms. The van der Waals surface area contributed by atoms with E-state index in [1.807, 2.05) is 13.0 Å². The molecule has 9 nitrogen and oxygen atoms in total. The molecule has 0 saturated heterocycles. The third kappa shape index (κ3) is 4.77. The molecule has 1 atom stereocenters. The lowest BCUT2D eigenvalue weighted by Crippen LogP contribution is -2.40. The Kier molecular flexibility index (Phi) is 5.42. The van der Waals surface area contributed by atoms with Crippen LogP contribution in [0.5, 0.6) is 11.5 Å². The fourth-order valence-corrected chi connectivity index (χ4v) is 4.35. The van der Waals surface area contributed by atoms with Crippen LogP contribution in [-0.2, 0) is 10.0 Å². The molecule has 0 unspecified atom stereocenters. The first kappa shape index (κ1) is 20.9. The summed E-state index contributed by atoms with van der Waals surface area (Å²) in [7, 11) is -3.89. The average molecular weight is 421 g/mol. The smallest absolute Gasteiger partial charge is 0.293 e. The summed E-state index contributed by atoms with van der Waals surface area (Å²) in [5, 5.41) is 14.6. The van der Waals surface area contributed by atoms with Gasteiger partial charge in [0, 0.05) is 17.6 Å². The number of fused-ring (bicyclic) bond motifs is 1. The molecular formula is C19H23N3O6S. The number of nitrogens with one attached hydrogen (secondary N) is 2. The zero-order chi connectivity index (χ0) is 21.4. The summed E-state index contributed by atoms with van der Waals surface area (Å²) < 4.78 is 38.2. The molecule has 10 heteroatoms. The van der Waals surface area contributed by atoms with Crippen molar-refractivity contribution in [3.8, 4) is 11.5 Å². The molecule has 0 aliphatic carbocycles. The minimum Gasteiger partial charge on any atom is -0.454 e. The summed E-state index contributed by atoms with van der Waals surface area (Å²) >= 11 is 0. The summed E-state index contributed by atoms with van der Waals surface area (Å²) in [4.78, 5) is 10.8. The van der Waals surface area contributed by atoms with Crippen LogP contribution in [0, 0.1) is 10.1 Å². The molecule has 2 N–H and O–H groups in total. The molecule has 0 amide bonds. The standard InChI is InChI=1S/C19H23N3O6S/c1-12(13-5-8-17-18(9-13)28-11-27-17)20-15-7-6-14(10-16(15)22(23)24)29(25,26)21-19(2,3)4/h5-10,12,20-21H,11H2,1-4H3/t12-/m0/s1. The number of anilines is 1. The van der Waals surface area contributed by atoms with Crippen molar-refractivity contribution < 1.29 is 22.8 Å². The van der Waals surface area contributed by atoms with Gasteiger partial charge in [0.15, 0.2) is 11.5 Å². The number of benzene rings is 2. The van der Waals surface area contributed by atoms with Gasteiger partial charge in [0.05, 0.1) is 9.82 Å². The molecule has 0 bridgehead atoms. The third-order valence-electron chi connectivity index (χ3n) is 4.19. The van der Waals surface area contributed by atoms with E-state index in [0.29, 0.717) is 11.5 Å². The Morgan fingerprint density at radius 2 is 1.79 bits per heavy atom. The molecule has 0 saturated carbocycles. The van der Waals surface area contributed by atoms with Crippen LogP contribution in [-0.4, -0.2) is 25.7 Å². The van der Waals surface area contributed by atoms with Gasteiger partial charge in [-0.2, -0.15) is 0 Å². The van der Waals surface area contributed by atoms with Crippen molar-refractivity contribution in [1.29, 1.82) is 0 Å². The zero-order valence-electron chi connectivity index (χ0n) is 16.6. The molecule has 1 aliphatic heterocycles. The molecule has 156 valence electrons. The second-order valence-corrected chi connectivity index (χ2v) is 9.45. The van der Waals surface area contributed by atoms with E-state index in [1.54, 1.807) is 32.9 Å². The highest BCUT2D eigenvalue weighted by Crippen LogP contribution is 2.36. The Bertz CT molecular complexity index is 1050. The van der Waals surface area contributed by atoms with Crippen LogP contribution in [0.25, 0.3) is 0 Å². The first-order chi connectivity index (χ1) is 13.5. The highest BCUT2D eigenvalue weighted by Gasteiger charge is 2.26. The van der Waals surface area contributed by atoms with Crippen LogP contribution in [0.3, 0.4) is 0 Å². The van der Waals surface area contributed by atoms with Crippen LogP contribution in [0.15, 0.2) is 41.3 Å². The molecule has 1 heterocycles. The van der Waals surface area contributed by atoms with E-state index in [-0.39, 0.29) is 29.1 Å². The lowest BCUT2D eigenvalue weighted by Gasteiger charge is -2.21. The lowest BCUT2D eigenvalue weighted by atomic mass is 10.1. The maximum absolute atomic E-state index is 12.5. The highest BCUT2D eigenvalue weighted by atomic mass is 32.2. The SMILES string of the molecule is C[C@H](Nc1ccc(S(=O)(=O)NC(C)(C)C)cc1[N+](=O)[O-])c1ccc2c(c1)OCO2. The van der Waals surface area contributed by atoms with Crippen molar-refractivity contribution >= 4 is 21.4 Å². The summed E-state index contributed by atoms with van der Waals surface area (Å²) in [6, 6.07) is 8.93. The Balaban J connectivity index is 1.89. The lowest BCUT2D eigenvalue weighted by molar-refractivity contribution is -0.384. The Morgan fingerprint density at radius 1 is 1.10 bits per heavy atom. The van der Waals surface area contributed by atoms with Crippen LogP contribution < -0.4 is 19.5 Å². The molecule has 2 aromatic carbocycles. The topological polar surface area (TPSA) is 120 Å². The fourth-order valence-electron chi connectivity index (χ4n) is 2.91. The van der Waals surface area contributed by atoms with Gasteiger partial charge in [-0.3, -0.25) is 10.1 Å². The van der Waals surface area contributed by atoms with Gasteiger partial charge in [0.25, 0.3) is 5.69 Å². The van der Waals surface area contributed by atoms with Crippen LogP contribution in [0.4, 0.5) is 11.4 Å². The number of nitro benzene ring substituents is 1. The van der Waals surface area contributed by atoms with Gasteiger partial charge in [-0.15, -0.1) is 0 Å². The van der Waals surface area contributed by atoms with Crippen molar-refractivity contribution in [2.75, 3.05) is 12.1 Å². The zero-order valence-corrected chi connectivity index (χ0v) is 17.4. The third-order valence-corrected chi connectivity index (χ3v) is 5.94. The first-order valence-corrected chi connectivity index (χ1v) is 10.4. The number of sulfonamides is 1. The largest absolute Gasteiger partial charge is 0.454 e. The van der Waals surface area contributed by atoms with E-state index in [2.05, 4.69) is 10.0 Å². The van der Waals surface area contributed by atoms with E-state index in [0.717, 1.165) is 11.6 Å². The summed E-state index contributed by atoms with van der Waals surface area (Å²) in [6.07, 6.45) is 0. The number of nitrogens with zero attached hydrogens (tertiary/aromatic N) is 1. The van der Waals surface area contributed by atoms with Gasteiger partial charge < -0.3 is 14.8 Å². The maximum atomic E-state index is 12.5. The molecule has 29 heavy (non-hydrogen) atoms. The Labute approximate surface area is 169 Å². The fraction of sp³-hybridized carbons (Fsp3) is 0.368. The quantitative estimate of drug-likeness (QED) is 0.540. The molecule has 3 rings (SSSR count). The average Bonchev–Trinajstić information content (AvgIpc) is 3.07. The van der Waals surface area contributed by atoms with Crippen molar-refractivity contribution in [2.24, 2.45) is 0 Å². The molecule has 2 aromatic rings. The predicted octanol–water partition coefficient (Wildman–Crippen LogP) is 3.57. The number of rotatable bonds is 6. The molecule has 0 aromatic heterocycles. The number of hydrogen-bond acceptors (Lipinski definition) is 7. The first-order valence-electron chi connectivity index (χ1n) is 8.95. The van der Waals surface area contributed by atoms with Gasteiger partial charge in [0.2, 0.25) is 16.8 Å². The van der Waals surface area contributed by atoms with E-state index in [9.17, 15) is 18.5 Å². The van der Waals surface area contributed by atoms with Gasteiger partial charge in [0.1, 0.15) is 5.69 Å². The number of ether oxygens (including phenoxy) is 2. The number of hydrogen-bond donors (Lipinski definition) is 2. The minimum absolute atomic E-state index is 0.157. The predicted molar refractivity (Wildman–Crippen MR) is 108 cm³/mol. The monoisotopic (exact) mass is 421 g/mol. The van der Waals surface area contributed by atoms with Gasteiger partial charge >= 0.3 is 0 Å². The summed E-state index contributed by atoms with van der Waals surface area (Å²) in [5.74, 6) is 1.26. The number of nitro groups is 1. The Hall–Kier alpha value is -2.85. The highest BCUT2D eigenvalue weighted by molar-refractivity contribution is 7.89.